The number of nitrogen functional groups attached to an aromatic ring is 1. The normalized spacial score (nSPS) is 11.0. The number of carbonyl (C=O) groups excluding carboxylic acids is 1. The van der Waals surface area contributed by atoms with Gasteiger partial charge in [0.1, 0.15) is 10.7 Å². The van der Waals surface area contributed by atoms with E-state index in [4.69, 9.17) is 10.5 Å². The van der Waals surface area contributed by atoms with Crippen LogP contribution in [0.5, 0.6) is 0 Å². The van der Waals surface area contributed by atoms with E-state index in [1.54, 1.807) is 13.2 Å². The number of hydrogen-bond acceptors (Lipinski definition) is 4. The molecule has 0 bridgehead atoms. The SMILES string of the molecule is COCCCCCNC(=O)c1sc2ccc(F)cc2c1N. The first-order chi connectivity index (χ1) is 10.1. The molecule has 3 N–H and O–H groups in total. The molecule has 0 fully saturated rings. The Morgan fingerprint density at radius 1 is 1.38 bits per heavy atom. The minimum atomic E-state index is -0.350. The van der Waals surface area contributed by atoms with Crippen molar-refractivity contribution in [3.63, 3.8) is 0 Å². The maximum absolute atomic E-state index is 13.2. The molecule has 0 radical (unpaired) electrons. The zero-order valence-corrected chi connectivity index (χ0v) is 12.8. The summed E-state index contributed by atoms with van der Waals surface area (Å²) < 4.78 is 19.0. The number of amides is 1. The van der Waals surface area contributed by atoms with Gasteiger partial charge in [0, 0.05) is 30.3 Å². The summed E-state index contributed by atoms with van der Waals surface area (Å²) in [7, 11) is 1.68. The van der Waals surface area contributed by atoms with Gasteiger partial charge in [0.05, 0.1) is 5.69 Å². The smallest absolute Gasteiger partial charge is 0.263 e. The molecule has 0 spiro atoms. The molecule has 1 amide bonds. The summed E-state index contributed by atoms with van der Waals surface area (Å²) in [5.41, 5.74) is 6.30. The molecule has 0 saturated heterocycles. The summed E-state index contributed by atoms with van der Waals surface area (Å²) in [5, 5.41) is 3.45. The van der Waals surface area contributed by atoms with Gasteiger partial charge in [-0.3, -0.25) is 4.79 Å². The summed E-state index contributed by atoms with van der Waals surface area (Å²) in [6.45, 7) is 1.34. The lowest BCUT2D eigenvalue weighted by Crippen LogP contribution is -2.24. The molecule has 6 heteroatoms. The quantitative estimate of drug-likeness (QED) is 0.772. The van der Waals surface area contributed by atoms with Crippen molar-refractivity contribution in [3.05, 3.63) is 28.9 Å². The number of nitrogens with two attached hydrogens (primary N) is 1. The van der Waals surface area contributed by atoms with E-state index in [2.05, 4.69) is 5.32 Å². The van der Waals surface area contributed by atoms with Gasteiger partial charge in [-0.1, -0.05) is 0 Å². The van der Waals surface area contributed by atoms with E-state index in [0.717, 1.165) is 30.6 Å². The van der Waals surface area contributed by atoms with E-state index in [0.29, 0.717) is 22.5 Å². The number of carbonyl (C=O) groups is 1. The molecular formula is C15H19FN2O2S. The van der Waals surface area contributed by atoms with Crippen LogP contribution in [0.2, 0.25) is 0 Å². The third-order valence-electron chi connectivity index (χ3n) is 3.21. The Bertz CT molecular complexity index is 627. The van der Waals surface area contributed by atoms with Gasteiger partial charge in [0.2, 0.25) is 0 Å². The lowest BCUT2D eigenvalue weighted by Gasteiger charge is -2.04. The molecule has 21 heavy (non-hydrogen) atoms. The number of nitrogens with one attached hydrogen (secondary N) is 1. The Morgan fingerprint density at radius 3 is 2.95 bits per heavy atom. The van der Waals surface area contributed by atoms with Crippen molar-refractivity contribution in [2.24, 2.45) is 0 Å². The second-order valence-electron chi connectivity index (χ2n) is 4.79. The molecule has 1 heterocycles. The summed E-state index contributed by atoms with van der Waals surface area (Å²) >= 11 is 1.29. The number of ether oxygens (including phenoxy) is 1. The van der Waals surface area contributed by atoms with Crippen LogP contribution in [0.4, 0.5) is 10.1 Å². The lowest BCUT2D eigenvalue weighted by atomic mass is 10.2. The minimum absolute atomic E-state index is 0.194. The third-order valence-corrected chi connectivity index (χ3v) is 4.39. The van der Waals surface area contributed by atoms with Gasteiger partial charge >= 0.3 is 0 Å². The molecule has 0 saturated carbocycles. The number of benzene rings is 1. The molecule has 0 unspecified atom stereocenters. The molecule has 0 aliphatic carbocycles. The second-order valence-corrected chi connectivity index (χ2v) is 5.85. The summed E-state index contributed by atoms with van der Waals surface area (Å²) in [6.07, 6.45) is 2.88. The number of hydrogen-bond donors (Lipinski definition) is 2. The molecule has 2 rings (SSSR count). The second kappa shape index (κ2) is 7.38. The van der Waals surface area contributed by atoms with Crippen LogP contribution >= 0.6 is 11.3 Å². The highest BCUT2D eigenvalue weighted by atomic mass is 32.1. The van der Waals surface area contributed by atoms with Gasteiger partial charge in [-0.05, 0) is 37.5 Å². The first kappa shape index (κ1) is 15.7. The van der Waals surface area contributed by atoms with Crippen molar-refractivity contribution in [1.82, 2.24) is 5.32 Å². The van der Waals surface area contributed by atoms with E-state index in [1.807, 2.05) is 0 Å². The van der Waals surface area contributed by atoms with Crippen LogP contribution in [0, 0.1) is 5.82 Å². The van der Waals surface area contributed by atoms with Gasteiger partial charge in [0.25, 0.3) is 5.91 Å². The van der Waals surface area contributed by atoms with Crippen molar-refractivity contribution in [2.45, 2.75) is 19.3 Å². The average molecular weight is 310 g/mol. The van der Waals surface area contributed by atoms with Crippen LogP contribution in [-0.4, -0.2) is 26.2 Å². The first-order valence-corrected chi connectivity index (χ1v) is 7.70. The van der Waals surface area contributed by atoms with E-state index in [9.17, 15) is 9.18 Å². The molecule has 1 aromatic heterocycles. The van der Waals surface area contributed by atoms with Crippen LogP contribution in [-0.2, 0) is 4.74 Å². The number of methoxy groups -OCH3 is 1. The van der Waals surface area contributed by atoms with Crippen LogP contribution in [0.3, 0.4) is 0 Å². The Labute approximate surface area is 127 Å². The van der Waals surface area contributed by atoms with Crippen molar-refractivity contribution < 1.29 is 13.9 Å². The van der Waals surface area contributed by atoms with E-state index < -0.39 is 0 Å². The summed E-state index contributed by atoms with van der Waals surface area (Å²) in [4.78, 5) is 12.6. The number of unbranched alkanes of at least 4 members (excludes halogenated alkanes) is 2. The number of rotatable bonds is 7. The fourth-order valence-corrected chi connectivity index (χ4v) is 3.11. The average Bonchev–Trinajstić information content (AvgIpc) is 2.79. The largest absolute Gasteiger partial charge is 0.397 e. The number of thiophene rings is 1. The summed E-state index contributed by atoms with van der Waals surface area (Å²) in [6, 6.07) is 4.38. The van der Waals surface area contributed by atoms with Gasteiger partial charge < -0.3 is 15.8 Å². The topological polar surface area (TPSA) is 64.3 Å². The monoisotopic (exact) mass is 310 g/mol. The maximum atomic E-state index is 13.2. The number of halogens is 1. The predicted octanol–water partition coefficient (Wildman–Crippen LogP) is 3.17. The maximum Gasteiger partial charge on any atom is 0.263 e. The highest BCUT2D eigenvalue weighted by Gasteiger charge is 2.16. The fraction of sp³-hybridized carbons (Fsp3) is 0.400. The highest BCUT2D eigenvalue weighted by Crippen LogP contribution is 2.33. The molecule has 0 aliphatic heterocycles. The molecule has 0 atom stereocenters. The highest BCUT2D eigenvalue weighted by molar-refractivity contribution is 7.21. The van der Waals surface area contributed by atoms with Crippen LogP contribution in [0.25, 0.3) is 10.1 Å². The molecule has 114 valence electrons. The summed E-state index contributed by atoms with van der Waals surface area (Å²) in [5.74, 6) is -0.544. The third kappa shape index (κ3) is 3.92. The number of fused-ring (bicyclic) bond motifs is 1. The Hall–Kier alpha value is -1.66. The fourth-order valence-electron chi connectivity index (χ4n) is 2.09. The Morgan fingerprint density at radius 2 is 2.19 bits per heavy atom. The first-order valence-electron chi connectivity index (χ1n) is 6.88. The van der Waals surface area contributed by atoms with Gasteiger partial charge in [-0.15, -0.1) is 11.3 Å². The standard InChI is InChI=1S/C15H19FN2O2S/c1-20-8-4-2-3-7-18-15(19)14-13(17)11-9-10(16)5-6-12(11)21-14/h5-6,9H,2-4,7-8,17H2,1H3,(H,18,19). The predicted molar refractivity (Wildman–Crippen MR) is 84.3 cm³/mol. The van der Waals surface area contributed by atoms with E-state index >= 15 is 0 Å². The lowest BCUT2D eigenvalue weighted by molar-refractivity contribution is 0.0957. The van der Waals surface area contributed by atoms with Crippen LogP contribution < -0.4 is 11.1 Å². The van der Waals surface area contributed by atoms with Gasteiger partial charge in [-0.2, -0.15) is 0 Å². The van der Waals surface area contributed by atoms with Crippen LogP contribution in [0.15, 0.2) is 18.2 Å². The molecular weight excluding hydrogens is 291 g/mol. The number of anilines is 1. The van der Waals surface area contributed by atoms with E-state index in [-0.39, 0.29) is 11.7 Å². The zero-order chi connectivity index (χ0) is 15.2. The molecule has 1 aromatic carbocycles. The van der Waals surface area contributed by atoms with Crippen molar-refractivity contribution in [3.8, 4) is 0 Å². The molecule has 4 nitrogen and oxygen atoms in total. The van der Waals surface area contributed by atoms with Crippen molar-refractivity contribution in [2.75, 3.05) is 26.0 Å². The van der Waals surface area contributed by atoms with Crippen LogP contribution in [0.1, 0.15) is 28.9 Å². The molecule has 0 aliphatic rings. The van der Waals surface area contributed by atoms with Gasteiger partial charge in [0.15, 0.2) is 0 Å². The Balaban J connectivity index is 1.95. The minimum Gasteiger partial charge on any atom is -0.397 e. The van der Waals surface area contributed by atoms with E-state index in [1.165, 1.54) is 23.5 Å². The Kier molecular flexibility index (Phi) is 5.52. The zero-order valence-electron chi connectivity index (χ0n) is 11.9. The van der Waals surface area contributed by atoms with Crippen molar-refractivity contribution in [1.29, 1.82) is 0 Å². The van der Waals surface area contributed by atoms with Crippen molar-refractivity contribution >= 4 is 33.0 Å². The van der Waals surface area contributed by atoms with Gasteiger partial charge in [-0.25, -0.2) is 4.39 Å². The molecule has 2 aromatic rings.